The van der Waals surface area contributed by atoms with Gasteiger partial charge in [0.25, 0.3) is 0 Å². The van der Waals surface area contributed by atoms with Gasteiger partial charge in [0, 0.05) is 33.6 Å². The third-order valence-corrected chi connectivity index (χ3v) is 2.89. The lowest BCUT2D eigenvalue weighted by Crippen LogP contribution is -2.45. The molecule has 0 radical (unpaired) electrons. The van der Waals surface area contributed by atoms with Crippen LogP contribution in [0.4, 0.5) is 0 Å². The molecule has 5 nitrogen and oxygen atoms in total. The van der Waals surface area contributed by atoms with Crippen molar-refractivity contribution in [1.82, 2.24) is 15.1 Å². The zero-order valence-electron chi connectivity index (χ0n) is 10.7. The number of rotatable bonds is 4. The van der Waals surface area contributed by atoms with Crippen LogP contribution in [0.1, 0.15) is 19.3 Å². The highest BCUT2D eigenvalue weighted by atomic mass is 35.5. The van der Waals surface area contributed by atoms with E-state index in [4.69, 9.17) is 0 Å². The molecule has 0 aliphatic carbocycles. The van der Waals surface area contributed by atoms with Gasteiger partial charge in [-0.25, -0.2) is 0 Å². The van der Waals surface area contributed by atoms with Crippen molar-refractivity contribution in [1.29, 1.82) is 0 Å². The fourth-order valence-electron chi connectivity index (χ4n) is 2.00. The maximum Gasteiger partial charge on any atom is 0.244 e. The standard InChI is InChI=1S/C11H21N3O2.ClH/c1-12-7-6-10(15)14-8-4-5-9(14)11(16)13(2)3;/h9,12H,4-8H2,1-3H3;1H. The molecule has 0 aromatic carbocycles. The van der Waals surface area contributed by atoms with E-state index in [0.717, 1.165) is 12.8 Å². The number of likely N-dealkylation sites (tertiary alicyclic amines) is 1. The van der Waals surface area contributed by atoms with Crippen molar-refractivity contribution in [3.8, 4) is 0 Å². The van der Waals surface area contributed by atoms with Gasteiger partial charge in [0.05, 0.1) is 0 Å². The van der Waals surface area contributed by atoms with E-state index in [0.29, 0.717) is 19.5 Å². The number of hydrogen-bond donors (Lipinski definition) is 1. The van der Waals surface area contributed by atoms with Crippen LogP contribution >= 0.6 is 12.4 Å². The van der Waals surface area contributed by atoms with Crippen LogP contribution in [0, 0.1) is 0 Å². The van der Waals surface area contributed by atoms with E-state index in [2.05, 4.69) is 5.32 Å². The predicted molar refractivity (Wildman–Crippen MR) is 69.2 cm³/mol. The Kier molecular flexibility index (Phi) is 7.15. The van der Waals surface area contributed by atoms with Crippen molar-refractivity contribution in [2.24, 2.45) is 0 Å². The zero-order chi connectivity index (χ0) is 12.1. The van der Waals surface area contributed by atoms with Crippen molar-refractivity contribution >= 4 is 24.2 Å². The normalized spacial score (nSPS) is 18.8. The molecular formula is C11H22ClN3O2. The number of amides is 2. The SMILES string of the molecule is CNCCC(=O)N1CCCC1C(=O)N(C)C.Cl. The quantitative estimate of drug-likeness (QED) is 0.783. The molecule has 17 heavy (non-hydrogen) atoms. The lowest BCUT2D eigenvalue weighted by molar-refractivity contribution is -0.142. The number of nitrogens with zero attached hydrogens (tertiary/aromatic N) is 2. The molecule has 1 aliphatic heterocycles. The van der Waals surface area contributed by atoms with E-state index in [1.807, 2.05) is 7.05 Å². The van der Waals surface area contributed by atoms with Crippen LogP contribution in [0.2, 0.25) is 0 Å². The van der Waals surface area contributed by atoms with Gasteiger partial charge in [-0.1, -0.05) is 0 Å². The minimum Gasteiger partial charge on any atom is -0.347 e. The van der Waals surface area contributed by atoms with Crippen molar-refractivity contribution in [2.45, 2.75) is 25.3 Å². The number of carbonyl (C=O) groups is 2. The Bertz CT molecular complexity index is 271. The molecule has 1 unspecified atom stereocenters. The van der Waals surface area contributed by atoms with E-state index < -0.39 is 0 Å². The van der Waals surface area contributed by atoms with Gasteiger partial charge in [0.15, 0.2) is 0 Å². The van der Waals surface area contributed by atoms with Crippen LogP contribution in [0.15, 0.2) is 0 Å². The Morgan fingerprint density at radius 1 is 1.41 bits per heavy atom. The highest BCUT2D eigenvalue weighted by Crippen LogP contribution is 2.19. The van der Waals surface area contributed by atoms with E-state index >= 15 is 0 Å². The lowest BCUT2D eigenvalue weighted by atomic mass is 10.2. The van der Waals surface area contributed by atoms with Crippen LogP contribution < -0.4 is 5.32 Å². The lowest BCUT2D eigenvalue weighted by Gasteiger charge is -2.26. The van der Waals surface area contributed by atoms with Crippen LogP contribution in [-0.4, -0.2) is 61.9 Å². The maximum atomic E-state index is 11.9. The van der Waals surface area contributed by atoms with Crippen molar-refractivity contribution in [3.63, 3.8) is 0 Å². The Balaban J connectivity index is 0.00000256. The smallest absolute Gasteiger partial charge is 0.244 e. The minimum absolute atomic E-state index is 0. The van der Waals surface area contributed by atoms with Gasteiger partial charge < -0.3 is 15.1 Å². The second-order valence-electron chi connectivity index (χ2n) is 4.33. The van der Waals surface area contributed by atoms with Crippen LogP contribution in [0.5, 0.6) is 0 Å². The summed E-state index contributed by atoms with van der Waals surface area (Å²) in [5.41, 5.74) is 0. The Labute approximate surface area is 109 Å². The monoisotopic (exact) mass is 263 g/mol. The van der Waals surface area contributed by atoms with Gasteiger partial charge in [-0.3, -0.25) is 9.59 Å². The molecule has 6 heteroatoms. The van der Waals surface area contributed by atoms with Crippen molar-refractivity contribution in [3.05, 3.63) is 0 Å². The van der Waals surface area contributed by atoms with Crippen LogP contribution in [0.25, 0.3) is 0 Å². The fraction of sp³-hybridized carbons (Fsp3) is 0.818. The molecule has 1 atom stereocenters. The fourth-order valence-corrected chi connectivity index (χ4v) is 2.00. The van der Waals surface area contributed by atoms with E-state index in [-0.39, 0.29) is 30.3 Å². The first-order valence-electron chi connectivity index (χ1n) is 5.73. The Hall–Kier alpha value is -0.810. The number of hydrogen-bond acceptors (Lipinski definition) is 3. The topological polar surface area (TPSA) is 52.7 Å². The van der Waals surface area contributed by atoms with Crippen LogP contribution in [0.3, 0.4) is 0 Å². The molecule has 1 saturated heterocycles. The summed E-state index contributed by atoms with van der Waals surface area (Å²) in [6.45, 7) is 1.38. The third-order valence-electron chi connectivity index (χ3n) is 2.89. The molecule has 0 saturated carbocycles. The third kappa shape index (κ3) is 4.16. The summed E-state index contributed by atoms with van der Waals surface area (Å²) in [4.78, 5) is 27.0. The average molecular weight is 264 g/mol. The summed E-state index contributed by atoms with van der Waals surface area (Å²) in [6, 6.07) is -0.237. The summed E-state index contributed by atoms with van der Waals surface area (Å²) in [5.74, 6) is 0.113. The molecular weight excluding hydrogens is 242 g/mol. The first-order chi connectivity index (χ1) is 7.57. The molecule has 100 valence electrons. The van der Waals surface area contributed by atoms with E-state index in [9.17, 15) is 9.59 Å². The van der Waals surface area contributed by atoms with Crippen molar-refractivity contribution in [2.75, 3.05) is 34.2 Å². The summed E-state index contributed by atoms with van der Waals surface area (Å²) in [5, 5.41) is 2.95. The molecule has 1 heterocycles. The Morgan fingerprint density at radius 2 is 2.06 bits per heavy atom. The largest absolute Gasteiger partial charge is 0.347 e. The zero-order valence-corrected chi connectivity index (χ0v) is 11.5. The summed E-state index contributed by atoms with van der Waals surface area (Å²) < 4.78 is 0. The van der Waals surface area contributed by atoms with Crippen LogP contribution in [-0.2, 0) is 9.59 Å². The highest BCUT2D eigenvalue weighted by molar-refractivity contribution is 5.88. The molecule has 1 rings (SSSR count). The van der Waals surface area contributed by atoms with Gasteiger partial charge in [-0.2, -0.15) is 0 Å². The first kappa shape index (κ1) is 16.2. The number of halogens is 1. The van der Waals surface area contributed by atoms with Gasteiger partial charge in [0.1, 0.15) is 6.04 Å². The summed E-state index contributed by atoms with van der Waals surface area (Å²) in [7, 11) is 5.29. The van der Waals surface area contributed by atoms with Gasteiger partial charge in [-0.15, -0.1) is 12.4 Å². The molecule has 0 spiro atoms. The number of likely N-dealkylation sites (N-methyl/N-ethyl adjacent to an activating group) is 1. The van der Waals surface area contributed by atoms with Gasteiger partial charge in [-0.05, 0) is 19.9 Å². The van der Waals surface area contributed by atoms with Crippen molar-refractivity contribution < 1.29 is 9.59 Å². The summed E-state index contributed by atoms with van der Waals surface area (Å²) >= 11 is 0. The first-order valence-corrected chi connectivity index (χ1v) is 5.73. The molecule has 1 aliphatic rings. The van der Waals surface area contributed by atoms with E-state index in [1.54, 1.807) is 23.9 Å². The highest BCUT2D eigenvalue weighted by Gasteiger charge is 2.34. The molecule has 1 N–H and O–H groups in total. The number of carbonyl (C=O) groups excluding carboxylic acids is 2. The molecule has 0 bridgehead atoms. The Morgan fingerprint density at radius 3 is 2.59 bits per heavy atom. The number of nitrogens with one attached hydrogen (secondary N) is 1. The minimum atomic E-state index is -0.237. The second-order valence-corrected chi connectivity index (χ2v) is 4.33. The molecule has 1 fully saturated rings. The second kappa shape index (κ2) is 7.50. The summed E-state index contributed by atoms with van der Waals surface area (Å²) in [6.07, 6.45) is 2.19. The van der Waals surface area contributed by atoms with E-state index in [1.165, 1.54) is 0 Å². The molecule has 0 aromatic rings. The van der Waals surface area contributed by atoms with Gasteiger partial charge in [0.2, 0.25) is 11.8 Å². The maximum absolute atomic E-state index is 11.9. The van der Waals surface area contributed by atoms with Gasteiger partial charge >= 0.3 is 0 Å². The molecule has 0 aromatic heterocycles. The molecule has 2 amide bonds. The average Bonchev–Trinajstić information content (AvgIpc) is 2.73. The predicted octanol–water partition coefficient (Wildman–Crippen LogP) is 0.0969.